The fraction of sp³-hybridized carbons (Fsp3) is 0.267. The van der Waals surface area contributed by atoms with Gasteiger partial charge in [-0.05, 0) is 31.2 Å². The van der Waals surface area contributed by atoms with Crippen molar-refractivity contribution in [3.63, 3.8) is 0 Å². The summed E-state index contributed by atoms with van der Waals surface area (Å²) in [5.74, 6) is 0.201. The highest BCUT2D eigenvalue weighted by Gasteiger charge is 2.07. The van der Waals surface area contributed by atoms with Crippen molar-refractivity contribution < 1.29 is 14.3 Å². The topological polar surface area (TPSA) is 73.3 Å². The standard InChI is InChI=1S/C15H17N3O3/c1-11(14-9-16-7-8-17-14)18-12-3-5-13(6-4-12)21-10-15(19)20-2/h3-9,11,18H,10H2,1-2H3. The first-order valence-corrected chi connectivity index (χ1v) is 6.51. The van der Waals surface area contributed by atoms with Gasteiger partial charge in [0.1, 0.15) is 5.75 Å². The molecule has 0 fully saturated rings. The Bertz CT molecular complexity index is 572. The van der Waals surface area contributed by atoms with E-state index in [1.165, 1.54) is 7.11 Å². The molecule has 1 heterocycles. The van der Waals surface area contributed by atoms with Crippen LogP contribution in [-0.2, 0) is 9.53 Å². The number of nitrogens with zero attached hydrogens (tertiary/aromatic N) is 2. The summed E-state index contributed by atoms with van der Waals surface area (Å²) in [5, 5.41) is 3.31. The Kier molecular flexibility index (Phi) is 5.09. The molecule has 0 spiro atoms. The van der Waals surface area contributed by atoms with Gasteiger partial charge in [-0.3, -0.25) is 9.97 Å². The normalized spacial score (nSPS) is 11.5. The monoisotopic (exact) mass is 287 g/mol. The average Bonchev–Trinajstić information content (AvgIpc) is 2.54. The predicted molar refractivity (Wildman–Crippen MR) is 78.0 cm³/mol. The van der Waals surface area contributed by atoms with Crippen molar-refractivity contribution in [2.75, 3.05) is 19.0 Å². The maximum Gasteiger partial charge on any atom is 0.343 e. The van der Waals surface area contributed by atoms with Crippen molar-refractivity contribution in [3.05, 3.63) is 48.5 Å². The van der Waals surface area contributed by atoms with Gasteiger partial charge >= 0.3 is 5.97 Å². The summed E-state index contributed by atoms with van der Waals surface area (Å²) in [6.07, 6.45) is 5.03. The van der Waals surface area contributed by atoms with Crippen LogP contribution in [0.4, 0.5) is 5.69 Å². The van der Waals surface area contributed by atoms with E-state index < -0.39 is 5.97 Å². The lowest BCUT2D eigenvalue weighted by molar-refractivity contribution is -0.142. The summed E-state index contributed by atoms with van der Waals surface area (Å²) in [6.45, 7) is 1.91. The molecular formula is C15H17N3O3. The molecule has 2 rings (SSSR count). The Morgan fingerprint density at radius 1 is 1.29 bits per heavy atom. The first-order chi connectivity index (χ1) is 10.2. The maximum absolute atomic E-state index is 11.0. The van der Waals surface area contributed by atoms with Gasteiger partial charge in [-0.2, -0.15) is 0 Å². The van der Waals surface area contributed by atoms with E-state index in [4.69, 9.17) is 4.74 Å². The van der Waals surface area contributed by atoms with Gasteiger partial charge in [-0.15, -0.1) is 0 Å². The highest BCUT2D eigenvalue weighted by molar-refractivity contribution is 5.70. The number of hydrogen-bond acceptors (Lipinski definition) is 6. The largest absolute Gasteiger partial charge is 0.482 e. The second-order valence-corrected chi connectivity index (χ2v) is 4.39. The molecule has 1 aromatic carbocycles. The quantitative estimate of drug-likeness (QED) is 0.821. The molecule has 6 nitrogen and oxygen atoms in total. The van der Waals surface area contributed by atoms with Gasteiger partial charge in [-0.25, -0.2) is 4.79 Å². The molecule has 110 valence electrons. The van der Waals surface area contributed by atoms with E-state index in [0.29, 0.717) is 5.75 Å². The third-order valence-corrected chi connectivity index (χ3v) is 2.85. The Hall–Kier alpha value is -2.63. The molecule has 0 saturated carbocycles. The van der Waals surface area contributed by atoms with Crippen LogP contribution >= 0.6 is 0 Å². The number of benzene rings is 1. The third-order valence-electron chi connectivity index (χ3n) is 2.85. The van der Waals surface area contributed by atoms with E-state index in [1.54, 1.807) is 30.7 Å². The number of carbonyl (C=O) groups is 1. The van der Waals surface area contributed by atoms with Crippen molar-refractivity contribution >= 4 is 11.7 Å². The van der Waals surface area contributed by atoms with Crippen molar-refractivity contribution in [3.8, 4) is 5.75 Å². The molecule has 1 atom stereocenters. The van der Waals surface area contributed by atoms with E-state index in [0.717, 1.165) is 11.4 Å². The second kappa shape index (κ2) is 7.23. The van der Waals surface area contributed by atoms with Gasteiger partial charge in [0.05, 0.1) is 25.0 Å². The highest BCUT2D eigenvalue weighted by Crippen LogP contribution is 2.20. The molecule has 1 aromatic heterocycles. The number of aromatic nitrogens is 2. The number of anilines is 1. The van der Waals surface area contributed by atoms with Crippen LogP contribution in [-0.4, -0.2) is 29.7 Å². The zero-order valence-electron chi connectivity index (χ0n) is 11.9. The molecule has 0 aliphatic carbocycles. The molecule has 6 heteroatoms. The highest BCUT2D eigenvalue weighted by atomic mass is 16.6. The van der Waals surface area contributed by atoms with E-state index in [2.05, 4.69) is 20.0 Å². The van der Waals surface area contributed by atoms with Crippen LogP contribution in [0.3, 0.4) is 0 Å². The molecule has 2 aromatic rings. The van der Waals surface area contributed by atoms with E-state index >= 15 is 0 Å². The zero-order valence-corrected chi connectivity index (χ0v) is 11.9. The van der Waals surface area contributed by atoms with Crippen LogP contribution in [0.2, 0.25) is 0 Å². The Balaban J connectivity index is 1.92. The second-order valence-electron chi connectivity index (χ2n) is 4.39. The van der Waals surface area contributed by atoms with Gasteiger partial charge in [0.15, 0.2) is 6.61 Å². The van der Waals surface area contributed by atoms with Gasteiger partial charge < -0.3 is 14.8 Å². The molecular weight excluding hydrogens is 270 g/mol. The van der Waals surface area contributed by atoms with Crippen LogP contribution in [0.1, 0.15) is 18.7 Å². The SMILES string of the molecule is COC(=O)COc1ccc(NC(C)c2cnccn2)cc1. The molecule has 1 unspecified atom stereocenters. The van der Waals surface area contributed by atoms with Crippen LogP contribution in [0.25, 0.3) is 0 Å². The predicted octanol–water partition coefficient (Wildman–Crippen LogP) is 2.20. The molecule has 0 amide bonds. The summed E-state index contributed by atoms with van der Waals surface area (Å²) in [7, 11) is 1.33. The van der Waals surface area contributed by atoms with Crippen molar-refractivity contribution in [2.45, 2.75) is 13.0 Å². The zero-order chi connectivity index (χ0) is 15.1. The van der Waals surface area contributed by atoms with Crippen molar-refractivity contribution in [1.29, 1.82) is 0 Å². The summed E-state index contributed by atoms with van der Waals surface area (Å²) in [6, 6.07) is 7.36. The number of hydrogen-bond donors (Lipinski definition) is 1. The summed E-state index contributed by atoms with van der Waals surface area (Å²) in [5.41, 5.74) is 1.79. The van der Waals surface area contributed by atoms with E-state index in [-0.39, 0.29) is 12.6 Å². The van der Waals surface area contributed by atoms with Crippen molar-refractivity contribution in [1.82, 2.24) is 9.97 Å². The molecule has 21 heavy (non-hydrogen) atoms. The third kappa shape index (κ3) is 4.45. The van der Waals surface area contributed by atoms with Gasteiger partial charge in [0, 0.05) is 18.1 Å². The lowest BCUT2D eigenvalue weighted by atomic mass is 10.2. The lowest BCUT2D eigenvalue weighted by Crippen LogP contribution is -2.12. The van der Waals surface area contributed by atoms with Crippen LogP contribution < -0.4 is 10.1 Å². The number of ether oxygens (including phenoxy) is 2. The fourth-order valence-corrected chi connectivity index (χ4v) is 1.71. The average molecular weight is 287 g/mol. The Morgan fingerprint density at radius 2 is 2.05 bits per heavy atom. The van der Waals surface area contributed by atoms with E-state index in [1.807, 2.05) is 19.1 Å². The molecule has 0 saturated heterocycles. The number of rotatable bonds is 6. The number of carbonyl (C=O) groups excluding carboxylic acids is 1. The number of nitrogens with one attached hydrogen (secondary N) is 1. The fourth-order valence-electron chi connectivity index (χ4n) is 1.71. The van der Waals surface area contributed by atoms with Gasteiger partial charge in [0.25, 0.3) is 0 Å². The van der Waals surface area contributed by atoms with Crippen LogP contribution in [0, 0.1) is 0 Å². The minimum absolute atomic E-state index is 0.0422. The molecule has 0 bridgehead atoms. The molecule has 0 radical (unpaired) electrons. The molecule has 1 N–H and O–H groups in total. The maximum atomic E-state index is 11.0. The minimum atomic E-state index is -0.409. The lowest BCUT2D eigenvalue weighted by Gasteiger charge is -2.14. The number of methoxy groups -OCH3 is 1. The molecule has 0 aliphatic heterocycles. The Labute approximate surface area is 123 Å². The summed E-state index contributed by atoms with van der Waals surface area (Å²) < 4.78 is 9.79. The number of esters is 1. The van der Waals surface area contributed by atoms with Gasteiger partial charge in [-0.1, -0.05) is 0 Å². The van der Waals surface area contributed by atoms with Crippen LogP contribution in [0.15, 0.2) is 42.9 Å². The molecule has 0 aliphatic rings. The minimum Gasteiger partial charge on any atom is -0.482 e. The van der Waals surface area contributed by atoms with Gasteiger partial charge in [0.2, 0.25) is 0 Å². The summed E-state index contributed by atoms with van der Waals surface area (Å²) >= 11 is 0. The summed E-state index contributed by atoms with van der Waals surface area (Å²) in [4.78, 5) is 19.3. The smallest absolute Gasteiger partial charge is 0.343 e. The Morgan fingerprint density at radius 3 is 2.67 bits per heavy atom. The first kappa shape index (κ1) is 14.8. The van der Waals surface area contributed by atoms with Crippen molar-refractivity contribution in [2.24, 2.45) is 0 Å². The van der Waals surface area contributed by atoms with E-state index in [9.17, 15) is 4.79 Å². The van der Waals surface area contributed by atoms with Crippen LogP contribution in [0.5, 0.6) is 5.75 Å². The first-order valence-electron chi connectivity index (χ1n) is 6.51.